The van der Waals surface area contributed by atoms with Gasteiger partial charge in [-0.2, -0.15) is 0 Å². The summed E-state index contributed by atoms with van der Waals surface area (Å²) in [7, 11) is 0. The van der Waals surface area contributed by atoms with Crippen molar-refractivity contribution < 1.29 is 9.90 Å². The van der Waals surface area contributed by atoms with E-state index in [1.54, 1.807) is 17.8 Å². The van der Waals surface area contributed by atoms with E-state index in [4.69, 9.17) is 0 Å². The molecule has 0 aliphatic rings. The van der Waals surface area contributed by atoms with Gasteiger partial charge in [0, 0.05) is 10.6 Å². The van der Waals surface area contributed by atoms with Crippen LogP contribution in [0.15, 0.2) is 47.4 Å². The Labute approximate surface area is 117 Å². The maximum atomic E-state index is 11.2. The van der Waals surface area contributed by atoms with E-state index in [0.29, 0.717) is 5.56 Å². The molecule has 2 aromatic carbocycles. The normalized spacial score (nSPS) is 10.4. The molecule has 0 heterocycles. The molecule has 0 aromatic heterocycles. The second-order valence-corrected chi connectivity index (χ2v) is 5.60. The van der Waals surface area contributed by atoms with E-state index in [2.05, 4.69) is 25.1 Å². The van der Waals surface area contributed by atoms with Gasteiger partial charge < -0.3 is 5.11 Å². The van der Waals surface area contributed by atoms with Gasteiger partial charge in [0.25, 0.3) is 0 Å². The van der Waals surface area contributed by atoms with Crippen molar-refractivity contribution in [3.05, 3.63) is 64.7 Å². The molecule has 2 rings (SSSR count). The highest BCUT2D eigenvalue weighted by Gasteiger charge is 2.10. The summed E-state index contributed by atoms with van der Waals surface area (Å²) in [5, 5.41) is 9.22. The molecular weight excluding hydrogens is 256 g/mol. The number of aryl methyl sites for hydroxylation is 2. The number of carboxylic acid groups (broad SMARTS) is 1. The topological polar surface area (TPSA) is 37.3 Å². The van der Waals surface area contributed by atoms with Gasteiger partial charge in [0.05, 0.1) is 5.56 Å². The van der Waals surface area contributed by atoms with Crippen LogP contribution in [-0.4, -0.2) is 11.1 Å². The average molecular weight is 272 g/mol. The minimum atomic E-state index is -0.865. The Morgan fingerprint density at radius 1 is 1.11 bits per heavy atom. The molecule has 1 N–H and O–H groups in total. The standard InChI is InChI=1S/C16H16O2S/c1-11-4-3-5-13(8-11)10-19-15-7-6-12(2)9-14(15)16(17)18/h3-9H,10H2,1-2H3,(H,17,18). The molecule has 0 atom stereocenters. The molecule has 0 saturated heterocycles. The molecule has 0 fully saturated rings. The molecule has 0 bridgehead atoms. The van der Waals surface area contributed by atoms with Gasteiger partial charge in [-0.1, -0.05) is 41.5 Å². The fraction of sp³-hybridized carbons (Fsp3) is 0.188. The zero-order chi connectivity index (χ0) is 13.8. The van der Waals surface area contributed by atoms with E-state index in [9.17, 15) is 9.90 Å². The third-order valence-corrected chi connectivity index (χ3v) is 3.99. The minimum Gasteiger partial charge on any atom is -0.478 e. The molecule has 0 unspecified atom stereocenters. The van der Waals surface area contributed by atoms with Gasteiger partial charge in [-0.25, -0.2) is 4.79 Å². The van der Waals surface area contributed by atoms with Crippen LogP contribution in [0.25, 0.3) is 0 Å². The minimum absolute atomic E-state index is 0.387. The molecule has 0 radical (unpaired) electrons. The quantitative estimate of drug-likeness (QED) is 0.843. The Balaban J connectivity index is 2.17. The van der Waals surface area contributed by atoms with Crippen LogP contribution < -0.4 is 0 Å². The van der Waals surface area contributed by atoms with Crippen LogP contribution in [0.1, 0.15) is 27.0 Å². The molecule has 3 heteroatoms. The Hall–Kier alpha value is -1.74. The van der Waals surface area contributed by atoms with Crippen molar-refractivity contribution in [2.75, 3.05) is 0 Å². The lowest BCUT2D eigenvalue weighted by Crippen LogP contribution is -1.99. The van der Waals surface area contributed by atoms with Gasteiger partial charge in [-0.3, -0.25) is 0 Å². The number of carbonyl (C=O) groups is 1. The van der Waals surface area contributed by atoms with Crippen molar-refractivity contribution in [1.29, 1.82) is 0 Å². The third kappa shape index (κ3) is 3.61. The lowest BCUT2D eigenvalue weighted by Gasteiger charge is -2.07. The predicted octanol–water partition coefficient (Wildman–Crippen LogP) is 4.29. The number of rotatable bonds is 4. The van der Waals surface area contributed by atoms with Crippen molar-refractivity contribution >= 4 is 17.7 Å². The summed E-state index contributed by atoms with van der Waals surface area (Å²) >= 11 is 1.57. The lowest BCUT2D eigenvalue weighted by atomic mass is 10.1. The first-order valence-corrected chi connectivity index (χ1v) is 7.07. The molecular formula is C16H16O2S. The Bertz CT molecular complexity index is 605. The number of hydrogen-bond donors (Lipinski definition) is 1. The number of aromatic carboxylic acids is 1. The Morgan fingerprint density at radius 3 is 2.53 bits per heavy atom. The van der Waals surface area contributed by atoms with Crippen LogP contribution in [0.3, 0.4) is 0 Å². The molecule has 0 aliphatic heterocycles. The van der Waals surface area contributed by atoms with Crippen LogP contribution in [0.4, 0.5) is 0 Å². The highest BCUT2D eigenvalue weighted by atomic mass is 32.2. The maximum Gasteiger partial charge on any atom is 0.336 e. The summed E-state index contributed by atoms with van der Waals surface area (Å²) in [5.41, 5.74) is 3.79. The van der Waals surface area contributed by atoms with Gasteiger partial charge in [0.2, 0.25) is 0 Å². The van der Waals surface area contributed by atoms with E-state index < -0.39 is 5.97 Å². The number of hydrogen-bond acceptors (Lipinski definition) is 2. The Kier molecular flexibility index (Phi) is 4.27. The van der Waals surface area contributed by atoms with E-state index in [1.807, 2.05) is 25.1 Å². The van der Waals surface area contributed by atoms with Crippen molar-refractivity contribution in [3.8, 4) is 0 Å². The van der Waals surface area contributed by atoms with Gasteiger partial charge in [0.1, 0.15) is 0 Å². The molecule has 2 nitrogen and oxygen atoms in total. The van der Waals surface area contributed by atoms with Gasteiger partial charge in [0.15, 0.2) is 0 Å². The number of carboxylic acids is 1. The van der Waals surface area contributed by atoms with E-state index in [1.165, 1.54) is 11.1 Å². The van der Waals surface area contributed by atoms with Crippen LogP contribution in [-0.2, 0) is 5.75 Å². The zero-order valence-corrected chi connectivity index (χ0v) is 11.8. The molecule has 19 heavy (non-hydrogen) atoms. The Morgan fingerprint density at radius 2 is 1.84 bits per heavy atom. The van der Waals surface area contributed by atoms with E-state index in [0.717, 1.165) is 16.2 Å². The second-order valence-electron chi connectivity index (χ2n) is 4.58. The first-order chi connectivity index (χ1) is 9.06. The SMILES string of the molecule is Cc1cccc(CSc2ccc(C)cc2C(=O)O)c1. The van der Waals surface area contributed by atoms with E-state index in [-0.39, 0.29) is 0 Å². The fourth-order valence-corrected chi connectivity index (χ4v) is 2.87. The van der Waals surface area contributed by atoms with Crippen molar-refractivity contribution in [2.24, 2.45) is 0 Å². The summed E-state index contributed by atoms with van der Waals surface area (Å²) in [6, 6.07) is 13.8. The monoisotopic (exact) mass is 272 g/mol. The summed E-state index contributed by atoms with van der Waals surface area (Å²) in [6.45, 7) is 3.96. The van der Waals surface area contributed by atoms with E-state index >= 15 is 0 Å². The molecule has 0 aliphatic carbocycles. The van der Waals surface area contributed by atoms with Gasteiger partial charge in [-0.05, 0) is 31.5 Å². The zero-order valence-electron chi connectivity index (χ0n) is 11.0. The highest BCUT2D eigenvalue weighted by Crippen LogP contribution is 2.27. The largest absolute Gasteiger partial charge is 0.478 e. The smallest absolute Gasteiger partial charge is 0.336 e. The summed E-state index contributed by atoms with van der Waals surface area (Å²) in [4.78, 5) is 12.0. The van der Waals surface area contributed by atoms with Crippen LogP contribution in [0.2, 0.25) is 0 Å². The molecule has 0 saturated carbocycles. The van der Waals surface area contributed by atoms with Crippen LogP contribution >= 0.6 is 11.8 Å². The molecule has 0 spiro atoms. The fourth-order valence-electron chi connectivity index (χ4n) is 1.90. The summed E-state index contributed by atoms with van der Waals surface area (Å²) in [6.07, 6.45) is 0. The average Bonchev–Trinajstić information content (AvgIpc) is 2.37. The third-order valence-electron chi connectivity index (χ3n) is 2.84. The second kappa shape index (κ2) is 5.93. The first-order valence-electron chi connectivity index (χ1n) is 6.08. The molecule has 98 valence electrons. The number of thioether (sulfide) groups is 1. The molecule has 2 aromatic rings. The summed E-state index contributed by atoms with van der Waals surface area (Å²) in [5.74, 6) is -0.0826. The van der Waals surface area contributed by atoms with Gasteiger partial charge >= 0.3 is 5.97 Å². The van der Waals surface area contributed by atoms with Crippen molar-refractivity contribution in [3.63, 3.8) is 0 Å². The van der Waals surface area contributed by atoms with Gasteiger partial charge in [-0.15, -0.1) is 11.8 Å². The summed E-state index contributed by atoms with van der Waals surface area (Å²) < 4.78 is 0. The van der Waals surface area contributed by atoms with Crippen molar-refractivity contribution in [1.82, 2.24) is 0 Å². The highest BCUT2D eigenvalue weighted by molar-refractivity contribution is 7.98. The van der Waals surface area contributed by atoms with Crippen LogP contribution in [0, 0.1) is 13.8 Å². The first kappa shape index (κ1) is 13.7. The van der Waals surface area contributed by atoms with Crippen molar-refractivity contribution in [2.45, 2.75) is 24.5 Å². The number of benzene rings is 2. The lowest BCUT2D eigenvalue weighted by molar-refractivity contribution is 0.0693. The predicted molar refractivity (Wildman–Crippen MR) is 78.9 cm³/mol. The van der Waals surface area contributed by atoms with Crippen LogP contribution in [0.5, 0.6) is 0 Å². The maximum absolute atomic E-state index is 11.2. The molecule has 0 amide bonds.